The van der Waals surface area contributed by atoms with E-state index >= 15 is 0 Å². The lowest BCUT2D eigenvalue weighted by Crippen LogP contribution is -2.46. The maximum atomic E-state index is 12.4. The zero-order valence-electron chi connectivity index (χ0n) is 17.3. The van der Waals surface area contributed by atoms with Gasteiger partial charge in [0, 0.05) is 30.9 Å². The van der Waals surface area contributed by atoms with Crippen molar-refractivity contribution in [2.24, 2.45) is 5.92 Å². The molecule has 0 aromatic heterocycles. The van der Waals surface area contributed by atoms with Gasteiger partial charge in [-0.1, -0.05) is 25.3 Å². The van der Waals surface area contributed by atoms with Crippen molar-refractivity contribution in [3.05, 3.63) is 24.3 Å². The van der Waals surface area contributed by atoms with Gasteiger partial charge in [-0.25, -0.2) is 4.79 Å². The van der Waals surface area contributed by atoms with Gasteiger partial charge in [0.15, 0.2) is 0 Å². The number of nitrogens with zero attached hydrogens (tertiary/aromatic N) is 1. The van der Waals surface area contributed by atoms with E-state index < -0.39 is 0 Å². The molecule has 1 saturated heterocycles. The Morgan fingerprint density at radius 2 is 2.04 bits per heavy atom. The predicted molar refractivity (Wildman–Crippen MR) is 112 cm³/mol. The third-order valence-corrected chi connectivity index (χ3v) is 5.88. The molecule has 3 rings (SSSR count). The SMILES string of the molecule is CN(C)C(CNC(=O)Nc1cccc(OCC2CCCO2)c1)C1CCCCC1. The summed E-state index contributed by atoms with van der Waals surface area (Å²) < 4.78 is 11.4. The molecule has 156 valence electrons. The van der Waals surface area contributed by atoms with E-state index in [0.717, 1.165) is 30.9 Å². The molecule has 2 unspecified atom stereocenters. The van der Waals surface area contributed by atoms with Crippen molar-refractivity contribution >= 4 is 11.7 Å². The summed E-state index contributed by atoms with van der Waals surface area (Å²) in [5.41, 5.74) is 0.737. The Bertz CT molecular complexity index is 611. The fourth-order valence-corrected chi connectivity index (χ4v) is 4.29. The normalized spacial score (nSPS) is 21.5. The molecule has 1 heterocycles. The first-order valence-corrected chi connectivity index (χ1v) is 10.7. The quantitative estimate of drug-likeness (QED) is 0.708. The van der Waals surface area contributed by atoms with Crippen LogP contribution in [0.5, 0.6) is 5.75 Å². The monoisotopic (exact) mass is 389 g/mol. The largest absolute Gasteiger partial charge is 0.491 e. The Kier molecular flexibility index (Phi) is 7.98. The zero-order valence-corrected chi connectivity index (χ0v) is 17.3. The lowest BCUT2D eigenvalue weighted by atomic mass is 9.83. The highest BCUT2D eigenvalue weighted by atomic mass is 16.5. The first-order valence-electron chi connectivity index (χ1n) is 10.7. The van der Waals surface area contributed by atoms with Crippen molar-refractivity contribution in [3.8, 4) is 5.75 Å². The molecule has 6 nitrogen and oxygen atoms in total. The third kappa shape index (κ3) is 6.38. The minimum Gasteiger partial charge on any atom is -0.491 e. The number of hydrogen-bond acceptors (Lipinski definition) is 4. The number of hydrogen-bond donors (Lipinski definition) is 2. The van der Waals surface area contributed by atoms with Gasteiger partial charge in [-0.2, -0.15) is 0 Å². The number of carbonyl (C=O) groups excluding carboxylic acids is 1. The average Bonchev–Trinajstić information content (AvgIpc) is 3.21. The summed E-state index contributed by atoms with van der Waals surface area (Å²) in [7, 11) is 4.21. The fourth-order valence-electron chi connectivity index (χ4n) is 4.29. The van der Waals surface area contributed by atoms with E-state index in [1.165, 1.54) is 32.1 Å². The molecule has 1 aromatic rings. The summed E-state index contributed by atoms with van der Waals surface area (Å²) in [6.45, 7) is 2.05. The van der Waals surface area contributed by atoms with E-state index in [-0.39, 0.29) is 12.1 Å². The van der Waals surface area contributed by atoms with Crippen LogP contribution in [0.25, 0.3) is 0 Å². The summed E-state index contributed by atoms with van der Waals surface area (Å²) in [6, 6.07) is 7.75. The number of rotatable bonds is 8. The van der Waals surface area contributed by atoms with Gasteiger partial charge in [-0.15, -0.1) is 0 Å². The molecule has 2 amide bonds. The van der Waals surface area contributed by atoms with E-state index in [2.05, 4.69) is 29.6 Å². The lowest BCUT2D eigenvalue weighted by molar-refractivity contribution is 0.0680. The van der Waals surface area contributed by atoms with Crippen LogP contribution < -0.4 is 15.4 Å². The fraction of sp³-hybridized carbons (Fsp3) is 0.682. The van der Waals surface area contributed by atoms with E-state index in [4.69, 9.17) is 9.47 Å². The molecule has 1 saturated carbocycles. The van der Waals surface area contributed by atoms with Crippen LogP contribution in [-0.4, -0.2) is 56.9 Å². The van der Waals surface area contributed by atoms with Gasteiger partial charge in [0.1, 0.15) is 12.4 Å². The molecule has 1 aliphatic carbocycles. The molecule has 2 N–H and O–H groups in total. The summed E-state index contributed by atoms with van der Waals surface area (Å²) in [6.07, 6.45) is 8.81. The number of likely N-dealkylation sites (N-methyl/N-ethyl adjacent to an activating group) is 1. The molecule has 2 aliphatic rings. The number of benzene rings is 1. The number of carbonyl (C=O) groups is 1. The molecule has 0 spiro atoms. The van der Waals surface area contributed by atoms with Crippen molar-refractivity contribution in [3.63, 3.8) is 0 Å². The van der Waals surface area contributed by atoms with Gasteiger partial charge in [-0.3, -0.25) is 0 Å². The van der Waals surface area contributed by atoms with Crippen molar-refractivity contribution in [2.45, 2.75) is 57.1 Å². The van der Waals surface area contributed by atoms with Gasteiger partial charge in [0.2, 0.25) is 0 Å². The summed E-state index contributed by atoms with van der Waals surface area (Å²) in [5.74, 6) is 1.42. The number of anilines is 1. The van der Waals surface area contributed by atoms with Gasteiger partial charge in [-0.05, 0) is 57.8 Å². The Labute approximate surface area is 169 Å². The maximum absolute atomic E-state index is 12.4. The second-order valence-electron chi connectivity index (χ2n) is 8.24. The molecular formula is C22H35N3O3. The highest BCUT2D eigenvalue weighted by Crippen LogP contribution is 2.28. The lowest BCUT2D eigenvalue weighted by Gasteiger charge is -2.34. The van der Waals surface area contributed by atoms with Crippen LogP contribution in [0.3, 0.4) is 0 Å². The van der Waals surface area contributed by atoms with E-state index in [1.807, 2.05) is 24.3 Å². The van der Waals surface area contributed by atoms with Crippen molar-refractivity contribution < 1.29 is 14.3 Å². The molecule has 2 fully saturated rings. The minimum absolute atomic E-state index is 0.168. The average molecular weight is 390 g/mol. The number of nitrogens with one attached hydrogen (secondary N) is 2. The zero-order chi connectivity index (χ0) is 19.8. The number of amides is 2. The van der Waals surface area contributed by atoms with Crippen LogP contribution in [0.4, 0.5) is 10.5 Å². The summed E-state index contributed by atoms with van der Waals surface area (Å²) >= 11 is 0. The third-order valence-electron chi connectivity index (χ3n) is 5.88. The first-order chi connectivity index (χ1) is 13.6. The molecule has 28 heavy (non-hydrogen) atoms. The highest BCUT2D eigenvalue weighted by molar-refractivity contribution is 5.89. The minimum atomic E-state index is -0.168. The molecule has 1 aromatic carbocycles. The molecule has 1 aliphatic heterocycles. The van der Waals surface area contributed by atoms with Gasteiger partial charge < -0.3 is 25.0 Å². The van der Waals surface area contributed by atoms with E-state index in [0.29, 0.717) is 25.1 Å². The van der Waals surface area contributed by atoms with Crippen molar-refractivity contribution in [1.82, 2.24) is 10.2 Å². The Morgan fingerprint density at radius 3 is 2.75 bits per heavy atom. The summed E-state index contributed by atoms with van der Waals surface area (Å²) in [4.78, 5) is 14.6. The first kappa shape index (κ1) is 20.9. The Balaban J connectivity index is 1.46. The topological polar surface area (TPSA) is 62.8 Å². The molecule has 0 bridgehead atoms. The number of ether oxygens (including phenoxy) is 2. The number of urea groups is 1. The van der Waals surface area contributed by atoms with Crippen molar-refractivity contribution in [2.75, 3.05) is 39.2 Å². The van der Waals surface area contributed by atoms with Crippen LogP contribution >= 0.6 is 0 Å². The van der Waals surface area contributed by atoms with Crippen LogP contribution in [0.2, 0.25) is 0 Å². The molecular weight excluding hydrogens is 354 g/mol. The second kappa shape index (κ2) is 10.7. The molecule has 6 heteroatoms. The highest BCUT2D eigenvalue weighted by Gasteiger charge is 2.25. The smallest absolute Gasteiger partial charge is 0.319 e. The Hall–Kier alpha value is -1.79. The summed E-state index contributed by atoms with van der Waals surface area (Å²) in [5, 5.41) is 5.98. The van der Waals surface area contributed by atoms with Crippen molar-refractivity contribution in [1.29, 1.82) is 0 Å². The molecule has 0 radical (unpaired) electrons. The van der Waals surface area contributed by atoms with Gasteiger partial charge in [0.05, 0.1) is 6.10 Å². The van der Waals surface area contributed by atoms with Gasteiger partial charge in [0.25, 0.3) is 0 Å². The second-order valence-corrected chi connectivity index (χ2v) is 8.24. The predicted octanol–water partition coefficient (Wildman–Crippen LogP) is 3.88. The van der Waals surface area contributed by atoms with E-state index in [1.54, 1.807) is 0 Å². The van der Waals surface area contributed by atoms with Crippen LogP contribution in [0.15, 0.2) is 24.3 Å². The maximum Gasteiger partial charge on any atom is 0.319 e. The molecule has 2 atom stereocenters. The van der Waals surface area contributed by atoms with Crippen LogP contribution in [0.1, 0.15) is 44.9 Å². The van der Waals surface area contributed by atoms with E-state index in [9.17, 15) is 4.79 Å². The van der Waals surface area contributed by atoms with Gasteiger partial charge >= 0.3 is 6.03 Å². The Morgan fingerprint density at radius 1 is 1.21 bits per heavy atom. The van der Waals surface area contributed by atoms with Crippen LogP contribution in [-0.2, 0) is 4.74 Å². The standard InChI is InChI=1S/C22H35N3O3/c1-25(2)21(17-8-4-3-5-9-17)15-23-22(26)24-18-10-6-11-19(14-18)28-16-20-12-7-13-27-20/h6,10-11,14,17,20-21H,3-5,7-9,12-13,15-16H2,1-2H3,(H2,23,24,26). The van der Waals surface area contributed by atoms with Crippen LogP contribution in [0, 0.1) is 5.92 Å².